The normalized spacial score (nSPS) is 17.0. The minimum atomic E-state index is -0.168. The Balaban J connectivity index is 2.85. The van der Waals surface area contributed by atoms with Gasteiger partial charge in [-0.05, 0) is 0 Å². The maximum Gasteiger partial charge on any atom is 0.258 e. The highest BCUT2D eigenvalue weighted by molar-refractivity contribution is 5.97. The molecule has 0 saturated heterocycles. The number of hydrogen-bond donors (Lipinski definition) is 2. The van der Waals surface area contributed by atoms with Crippen molar-refractivity contribution in [3.05, 3.63) is 36.8 Å². The van der Waals surface area contributed by atoms with Gasteiger partial charge in [-0.25, -0.2) is 0 Å². The van der Waals surface area contributed by atoms with E-state index in [1.165, 1.54) is 6.08 Å². The van der Waals surface area contributed by atoms with E-state index in [1.807, 2.05) is 0 Å². The highest BCUT2D eigenvalue weighted by Crippen LogP contribution is 1.99. The Morgan fingerprint density at radius 3 is 2.80 bits per heavy atom. The quantitative estimate of drug-likeness (QED) is 0.542. The molecule has 1 rings (SSSR count). The maximum absolute atomic E-state index is 10.9. The van der Waals surface area contributed by atoms with Crippen molar-refractivity contribution >= 4 is 5.91 Å². The van der Waals surface area contributed by atoms with Crippen molar-refractivity contribution in [2.45, 2.75) is 0 Å². The molecule has 0 aromatic carbocycles. The Labute approximate surface area is 59.1 Å². The molecule has 52 valence electrons. The molecule has 0 bridgehead atoms. The summed E-state index contributed by atoms with van der Waals surface area (Å²) in [6.07, 6.45) is 3.04. The van der Waals surface area contributed by atoms with E-state index >= 15 is 0 Å². The lowest BCUT2D eigenvalue weighted by molar-refractivity contribution is -0.116. The van der Waals surface area contributed by atoms with Crippen LogP contribution in [-0.4, -0.2) is 5.91 Å². The van der Waals surface area contributed by atoms with Gasteiger partial charge in [-0.2, -0.15) is 0 Å². The first-order chi connectivity index (χ1) is 4.74. The second-order valence-corrected chi connectivity index (χ2v) is 1.88. The molecule has 0 saturated carbocycles. The molecule has 0 aromatic rings. The van der Waals surface area contributed by atoms with Crippen LogP contribution in [0.2, 0.25) is 0 Å². The zero-order chi connectivity index (χ0) is 7.56. The Hall–Kier alpha value is -1.51. The molecular formula is C7H8N2O. The number of amides is 1. The molecule has 1 aliphatic heterocycles. The highest BCUT2D eigenvalue weighted by atomic mass is 16.1. The van der Waals surface area contributed by atoms with E-state index in [2.05, 4.69) is 23.8 Å². The van der Waals surface area contributed by atoms with Gasteiger partial charge in [0.2, 0.25) is 0 Å². The average Bonchev–Trinajstić information content (AvgIpc) is 1.88. The molecule has 10 heavy (non-hydrogen) atoms. The maximum atomic E-state index is 10.9. The monoisotopic (exact) mass is 136 g/mol. The fourth-order valence-corrected chi connectivity index (χ4v) is 0.627. The first-order valence-electron chi connectivity index (χ1n) is 2.83. The minimum Gasteiger partial charge on any atom is -0.348 e. The summed E-state index contributed by atoms with van der Waals surface area (Å²) in [6.45, 7) is 6.97. The third kappa shape index (κ3) is 1.07. The number of rotatable bonds is 1. The van der Waals surface area contributed by atoms with Gasteiger partial charge < -0.3 is 10.6 Å². The van der Waals surface area contributed by atoms with Crippen LogP contribution in [0.3, 0.4) is 0 Å². The van der Waals surface area contributed by atoms with Crippen molar-refractivity contribution < 1.29 is 4.79 Å². The third-order valence-electron chi connectivity index (χ3n) is 1.15. The summed E-state index contributed by atoms with van der Waals surface area (Å²) in [5.41, 5.74) is 0.521. The summed E-state index contributed by atoms with van der Waals surface area (Å²) < 4.78 is 0. The van der Waals surface area contributed by atoms with Crippen molar-refractivity contribution in [3.8, 4) is 0 Å². The topological polar surface area (TPSA) is 41.1 Å². The first-order valence-corrected chi connectivity index (χ1v) is 2.83. The van der Waals surface area contributed by atoms with Gasteiger partial charge in [-0.1, -0.05) is 19.2 Å². The fourth-order valence-electron chi connectivity index (χ4n) is 0.627. The first kappa shape index (κ1) is 6.61. The van der Waals surface area contributed by atoms with E-state index in [1.54, 1.807) is 6.20 Å². The molecule has 1 amide bonds. The summed E-state index contributed by atoms with van der Waals surface area (Å²) in [5, 5.41) is 5.25. The van der Waals surface area contributed by atoms with Crippen LogP contribution in [0.4, 0.5) is 0 Å². The predicted octanol–water partition coefficient (Wildman–Crippen LogP) is 0.247. The fraction of sp³-hybridized carbons (Fsp3) is 0. The van der Waals surface area contributed by atoms with E-state index in [0.717, 1.165) is 0 Å². The van der Waals surface area contributed by atoms with E-state index in [0.29, 0.717) is 11.4 Å². The van der Waals surface area contributed by atoms with Gasteiger partial charge in [0.15, 0.2) is 0 Å². The minimum absolute atomic E-state index is 0.168. The summed E-state index contributed by atoms with van der Waals surface area (Å²) in [7, 11) is 0. The molecule has 0 aliphatic carbocycles. The molecule has 3 heteroatoms. The Morgan fingerprint density at radius 1 is 1.60 bits per heavy atom. The Kier molecular flexibility index (Phi) is 1.58. The molecule has 1 heterocycles. The Bertz CT molecular complexity index is 228. The number of carbonyl (C=O) groups excluding carboxylic acids is 1. The second kappa shape index (κ2) is 2.39. The van der Waals surface area contributed by atoms with Gasteiger partial charge in [0.1, 0.15) is 5.82 Å². The van der Waals surface area contributed by atoms with Gasteiger partial charge in [-0.15, -0.1) is 0 Å². The van der Waals surface area contributed by atoms with Crippen molar-refractivity contribution in [2.75, 3.05) is 0 Å². The van der Waals surface area contributed by atoms with E-state index in [-0.39, 0.29) is 5.91 Å². The molecule has 0 unspecified atom stereocenters. The van der Waals surface area contributed by atoms with Crippen LogP contribution in [0.15, 0.2) is 36.8 Å². The van der Waals surface area contributed by atoms with Crippen LogP contribution in [-0.2, 0) is 4.79 Å². The molecule has 1 aliphatic rings. The molecule has 0 aromatic heterocycles. The molecule has 2 N–H and O–H groups in total. The predicted molar refractivity (Wildman–Crippen MR) is 38.7 cm³/mol. The summed E-state index contributed by atoms with van der Waals surface area (Å²) in [4.78, 5) is 10.9. The van der Waals surface area contributed by atoms with Crippen LogP contribution in [0.25, 0.3) is 0 Å². The summed E-state index contributed by atoms with van der Waals surface area (Å²) in [5.74, 6) is 0.328. The number of carbonyl (C=O) groups is 1. The smallest absolute Gasteiger partial charge is 0.258 e. The molecule has 3 nitrogen and oxygen atoms in total. The van der Waals surface area contributed by atoms with Crippen LogP contribution in [0.5, 0.6) is 0 Å². The highest BCUT2D eigenvalue weighted by Gasteiger charge is 2.10. The van der Waals surface area contributed by atoms with Crippen molar-refractivity contribution in [3.63, 3.8) is 0 Å². The largest absolute Gasteiger partial charge is 0.348 e. The van der Waals surface area contributed by atoms with Gasteiger partial charge in [0.05, 0.1) is 5.57 Å². The zero-order valence-electron chi connectivity index (χ0n) is 5.48. The SMILES string of the molecule is C=CC1=CNC(=C)NC1=O. The van der Waals surface area contributed by atoms with Gasteiger partial charge in [0, 0.05) is 6.20 Å². The lowest BCUT2D eigenvalue weighted by Gasteiger charge is -2.14. The lowest BCUT2D eigenvalue weighted by atomic mass is 10.2. The van der Waals surface area contributed by atoms with Crippen molar-refractivity contribution in [1.29, 1.82) is 0 Å². The molecule has 0 atom stereocenters. The van der Waals surface area contributed by atoms with E-state index in [9.17, 15) is 4.79 Å². The van der Waals surface area contributed by atoms with Crippen LogP contribution in [0.1, 0.15) is 0 Å². The van der Waals surface area contributed by atoms with Crippen molar-refractivity contribution in [2.24, 2.45) is 0 Å². The average molecular weight is 136 g/mol. The molecule has 0 radical (unpaired) electrons. The standard InChI is InChI=1S/C7H8N2O/c1-3-6-4-8-5(2)9-7(6)10/h3-4,8H,1-2H2,(H,9,10). The van der Waals surface area contributed by atoms with Gasteiger partial charge in [0.25, 0.3) is 5.91 Å². The Morgan fingerprint density at radius 2 is 2.30 bits per heavy atom. The molecule has 0 spiro atoms. The molecule has 0 fully saturated rings. The summed E-state index contributed by atoms with van der Waals surface area (Å²) >= 11 is 0. The van der Waals surface area contributed by atoms with Crippen molar-refractivity contribution in [1.82, 2.24) is 10.6 Å². The molecular weight excluding hydrogens is 128 g/mol. The number of nitrogens with one attached hydrogen (secondary N) is 2. The van der Waals surface area contributed by atoms with Gasteiger partial charge in [-0.3, -0.25) is 4.79 Å². The number of hydrogen-bond acceptors (Lipinski definition) is 2. The van der Waals surface area contributed by atoms with Gasteiger partial charge >= 0.3 is 0 Å². The second-order valence-electron chi connectivity index (χ2n) is 1.88. The van der Waals surface area contributed by atoms with Crippen LogP contribution in [0, 0.1) is 0 Å². The van der Waals surface area contributed by atoms with Crippen LogP contribution < -0.4 is 10.6 Å². The van der Waals surface area contributed by atoms with E-state index < -0.39 is 0 Å². The van der Waals surface area contributed by atoms with E-state index in [4.69, 9.17) is 0 Å². The zero-order valence-corrected chi connectivity index (χ0v) is 5.48. The lowest BCUT2D eigenvalue weighted by Crippen LogP contribution is -2.34. The summed E-state index contributed by atoms with van der Waals surface area (Å²) in [6, 6.07) is 0. The third-order valence-corrected chi connectivity index (χ3v) is 1.15. The van der Waals surface area contributed by atoms with Crippen LogP contribution >= 0.6 is 0 Å².